The first-order valence-corrected chi connectivity index (χ1v) is 15.1. The second kappa shape index (κ2) is 11.0. The molecule has 7 rings (SSSR count). The monoisotopic (exact) mass is 565 g/mol. The number of rotatable bonds is 6. The number of aromatic nitrogens is 2. The Balaban J connectivity index is 1.22. The molecule has 3 aromatic carbocycles. The Morgan fingerprint density at radius 3 is 2.17 bits per heavy atom. The molecule has 1 aliphatic carbocycles. The molecule has 0 spiro atoms. The van der Waals surface area contributed by atoms with Crippen molar-refractivity contribution in [1.29, 1.82) is 0 Å². The minimum atomic E-state index is -0.251. The average molecular weight is 566 g/mol. The molecule has 2 aliphatic heterocycles. The van der Waals surface area contributed by atoms with Crippen LogP contribution in [-0.2, 0) is 11.3 Å². The van der Waals surface area contributed by atoms with Gasteiger partial charge in [0.05, 0.1) is 11.0 Å². The van der Waals surface area contributed by atoms with Crippen LogP contribution in [0.1, 0.15) is 29.6 Å². The summed E-state index contributed by atoms with van der Waals surface area (Å²) in [5.41, 5.74) is 5.42. The van der Waals surface area contributed by atoms with E-state index >= 15 is 0 Å². The Morgan fingerprint density at radius 2 is 1.48 bits per heavy atom. The maximum Gasteiger partial charge on any atom is 0.254 e. The highest BCUT2D eigenvalue weighted by atomic mass is 19.1. The lowest BCUT2D eigenvalue weighted by atomic mass is 10.0. The van der Waals surface area contributed by atoms with E-state index in [4.69, 9.17) is 4.98 Å². The van der Waals surface area contributed by atoms with Crippen LogP contribution >= 0.6 is 0 Å². The van der Waals surface area contributed by atoms with Gasteiger partial charge in [-0.25, -0.2) is 9.37 Å². The van der Waals surface area contributed by atoms with Crippen molar-refractivity contribution in [2.45, 2.75) is 25.8 Å². The van der Waals surface area contributed by atoms with E-state index in [-0.39, 0.29) is 17.6 Å². The van der Waals surface area contributed by atoms with Crippen LogP contribution in [0.2, 0.25) is 0 Å². The van der Waals surface area contributed by atoms with Gasteiger partial charge < -0.3 is 19.3 Å². The number of piperazine rings is 1. The van der Waals surface area contributed by atoms with E-state index in [1.54, 1.807) is 12.1 Å². The van der Waals surface area contributed by atoms with E-state index in [0.717, 1.165) is 98.6 Å². The highest BCUT2D eigenvalue weighted by Crippen LogP contribution is 2.34. The third-order valence-electron chi connectivity index (χ3n) is 9.07. The van der Waals surface area contributed by atoms with Crippen LogP contribution in [-0.4, -0.2) is 82.4 Å². The number of carbonyl (C=O) groups excluding carboxylic acids is 2. The topological polar surface area (TPSA) is 61.7 Å². The number of amides is 2. The first-order valence-electron chi connectivity index (χ1n) is 15.1. The smallest absolute Gasteiger partial charge is 0.254 e. The Labute approximate surface area is 245 Å². The summed E-state index contributed by atoms with van der Waals surface area (Å²) in [7, 11) is 2.09. The number of likely N-dealkylation sites (N-methyl/N-ethyl adjacent to an activating group) is 1. The van der Waals surface area contributed by atoms with Crippen molar-refractivity contribution in [2.24, 2.45) is 11.8 Å². The number of carbonyl (C=O) groups is 2. The van der Waals surface area contributed by atoms with Crippen molar-refractivity contribution in [3.8, 4) is 22.5 Å². The molecule has 1 aromatic heterocycles. The molecule has 42 heavy (non-hydrogen) atoms. The van der Waals surface area contributed by atoms with Crippen LogP contribution in [0.5, 0.6) is 0 Å². The number of imidazole rings is 1. The Kier molecular flexibility index (Phi) is 7.02. The SMILES string of the molecule is CN1CCN(C(=O)c2ccc3nc(-c4ccc(-c5ccc(F)cc5)cc4)n(CC4CCN(C(=O)C5CC5)C4)c3c2)CC1. The molecule has 1 atom stereocenters. The lowest BCUT2D eigenvalue weighted by Crippen LogP contribution is -2.47. The number of likely N-dealkylation sites (tertiary alicyclic amines) is 1. The molecule has 1 unspecified atom stereocenters. The summed E-state index contributed by atoms with van der Waals surface area (Å²) in [4.78, 5) is 37.5. The minimum absolute atomic E-state index is 0.0602. The number of fused-ring (bicyclic) bond motifs is 1. The van der Waals surface area contributed by atoms with Gasteiger partial charge in [0.15, 0.2) is 0 Å². The van der Waals surface area contributed by atoms with Gasteiger partial charge in [-0.2, -0.15) is 0 Å². The fourth-order valence-electron chi connectivity index (χ4n) is 6.34. The average Bonchev–Trinajstić information content (AvgIpc) is 3.66. The molecule has 216 valence electrons. The quantitative estimate of drug-likeness (QED) is 0.324. The van der Waals surface area contributed by atoms with Crippen LogP contribution in [0.3, 0.4) is 0 Å². The zero-order valence-electron chi connectivity index (χ0n) is 24.0. The summed E-state index contributed by atoms with van der Waals surface area (Å²) in [6.45, 7) is 5.51. The Morgan fingerprint density at radius 1 is 0.810 bits per heavy atom. The van der Waals surface area contributed by atoms with E-state index < -0.39 is 0 Å². The molecule has 3 fully saturated rings. The third-order valence-corrected chi connectivity index (χ3v) is 9.07. The second-order valence-corrected chi connectivity index (χ2v) is 12.1. The van der Waals surface area contributed by atoms with Crippen LogP contribution in [0.4, 0.5) is 4.39 Å². The standard InChI is InChI=1S/C34H36FN5O2/c1-37-16-18-38(19-17-37)34(42)28-10-13-30-31(20-28)40(22-23-14-15-39(21-23)33(41)27-6-7-27)32(36-30)26-4-2-24(3-5-26)25-8-11-29(35)12-9-25/h2-5,8-13,20,23,27H,6-7,14-19,21-22H2,1H3. The van der Waals surface area contributed by atoms with Gasteiger partial charge in [-0.3, -0.25) is 9.59 Å². The summed E-state index contributed by atoms with van der Waals surface area (Å²) in [5.74, 6) is 1.52. The first kappa shape index (κ1) is 26.8. The molecular weight excluding hydrogens is 529 g/mol. The first-order chi connectivity index (χ1) is 20.4. The highest BCUT2D eigenvalue weighted by Gasteiger charge is 2.37. The molecule has 2 amide bonds. The maximum absolute atomic E-state index is 13.5. The van der Waals surface area contributed by atoms with Crippen molar-refractivity contribution in [3.63, 3.8) is 0 Å². The van der Waals surface area contributed by atoms with Gasteiger partial charge >= 0.3 is 0 Å². The van der Waals surface area contributed by atoms with Gasteiger partial charge in [0, 0.05) is 62.9 Å². The van der Waals surface area contributed by atoms with Crippen molar-refractivity contribution in [1.82, 2.24) is 24.3 Å². The summed E-state index contributed by atoms with van der Waals surface area (Å²) < 4.78 is 15.7. The predicted octanol–water partition coefficient (Wildman–Crippen LogP) is 5.16. The summed E-state index contributed by atoms with van der Waals surface area (Å²) in [6.07, 6.45) is 3.00. The molecule has 8 heteroatoms. The molecule has 0 N–H and O–H groups in total. The summed E-state index contributed by atoms with van der Waals surface area (Å²) in [5, 5.41) is 0. The van der Waals surface area contributed by atoms with Crippen LogP contribution in [0.25, 0.3) is 33.5 Å². The van der Waals surface area contributed by atoms with Crippen LogP contribution < -0.4 is 0 Å². The predicted molar refractivity (Wildman–Crippen MR) is 161 cm³/mol. The third kappa shape index (κ3) is 5.31. The molecule has 7 nitrogen and oxygen atoms in total. The summed E-state index contributed by atoms with van der Waals surface area (Å²) >= 11 is 0. The number of benzene rings is 3. The molecule has 4 aromatic rings. The fourth-order valence-corrected chi connectivity index (χ4v) is 6.34. The van der Waals surface area contributed by atoms with Gasteiger partial charge in [0.25, 0.3) is 5.91 Å². The minimum Gasteiger partial charge on any atom is -0.342 e. The zero-order valence-corrected chi connectivity index (χ0v) is 24.0. The highest BCUT2D eigenvalue weighted by molar-refractivity contribution is 5.98. The number of nitrogens with zero attached hydrogens (tertiary/aromatic N) is 5. The fraction of sp³-hybridized carbons (Fsp3) is 0.382. The van der Waals surface area contributed by atoms with E-state index in [0.29, 0.717) is 17.4 Å². The van der Waals surface area contributed by atoms with E-state index in [1.807, 2.05) is 40.1 Å². The largest absolute Gasteiger partial charge is 0.342 e. The van der Waals surface area contributed by atoms with Gasteiger partial charge in [0.2, 0.25) is 5.91 Å². The van der Waals surface area contributed by atoms with Crippen molar-refractivity contribution in [2.75, 3.05) is 46.3 Å². The molecule has 0 bridgehead atoms. The van der Waals surface area contributed by atoms with Gasteiger partial charge in [-0.15, -0.1) is 0 Å². The molecular formula is C34H36FN5O2. The lowest BCUT2D eigenvalue weighted by Gasteiger charge is -2.32. The van der Waals surface area contributed by atoms with E-state index in [9.17, 15) is 14.0 Å². The molecule has 0 radical (unpaired) electrons. The van der Waals surface area contributed by atoms with Gasteiger partial charge in [0.1, 0.15) is 11.6 Å². The Hall–Kier alpha value is -4.04. The summed E-state index contributed by atoms with van der Waals surface area (Å²) in [6, 6.07) is 20.6. The Bertz CT molecular complexity index is 1620. The number of hydrogen-bond donors (Lipinski definition) is 0. The zero-order chi connectivity index (χ0) is 28.8. The molecule has 3 aliphatic rings. The maximum atomic E-state index is 13.5. The van der Waals surface area contributed by atoms with Crippen molar-refractivity contribution in [3.05, 3.63) is 78.1 Å². The van der Waals surface area contributed by atoms with Crippen molar-refractivity contribution < 1.29 is 14.0 Å². The molecule has 3 heterocycles. The number of hydrogen-bond acceptors (Lipinski definition) is 4. The second-order valence-electron chi connectivity index (χ2n) is 12.1. The molecule has 2 saturated heterocycles. The number of halogens is 1. The van der Waals surface area contributed by atoms with Gasteiger partial charge in [-0.05, 0) is 73.7 Å². The lowest BCUT2D eigenvalue weighted by molar-refractivity contribution is -0.131. The molecule has 1 saturated carbocycles. The van der Waals surface area contributed by atoms with Crippen LogP contribution in [0, 0.1) is 17.7 Å². The van der Waals surface area contributed by atoms with Gasteiger partial charge in [-0.1, -0.05) is 36.4 Å². The normalized spacial score (nSPS) is 19.5. The van der Waals surface area contributed by atoms with Crippen molar-refractivity contribution >= 4 is 22.8 Å². The van der Waals surface area contributed by atoms with E-state index in [2.05, 4.69) is 28.6 Å². The van der Waals surface area contributed by atoms with E-state index in [1.165, 1.54) is 12.1 Å². The van der Waals surface area contributed by atoms with Crippen LogP contribution in [0.15, 0.2) is 66.7 Å².